The van der Waals surface area contributed by atoms with E-state index < -0.39 is 17.9 Å². The molecule has 2 aromatic carbocycles. The van der Waals surface area contributed by atoms with Crippen molar-refractivity contribution < 1.29 is 18.3 Å². The maximum absolute atomic E-state index is 14.0. The number of likely N-dealkylation sites (N-methyl/N-ethyl adjacent to an activating group) is 1. The first kappa shape index (κ1) is 24.7. The molecule has 0 saturated heterocycles. The summed E-state index contributed by atoms with van der Waals surface area (Å²) in [7, 11) is 2.03. The molecule has 200 valence electrons. The summed E-state index contributed by atoms with van der Waals surface area (Å²) >= 11 is 0. The van der Waals surface area contributed by atoms with Crippen LogP contribution in [0.3, 0.4) is 0 Å². The van der Waals surface area contributed by atoms with E-state index in [0.717, 1.165) is 34.5 Å². The number of aromatic nitrogens is 5. The topological polar surface area (TPSA) is 96.4 Å². The molecule has 39 heavy (non-hydrogen) atoms. The van der Waals surface area contributed by atoms with Crippen LogP contribution < -0.4 is 20.7 Å². The van der Waals surface area contributed by atoms with E-state index in [9.17, 15) is 18.4 Å². The van der Waals surface area contributed by atoms with Gasteiger partial charge in [0.2, 0.25) is 5.88 Å². The zero-order chi connectivity index (χ0) is 27.3. The molecular formula is C27H24F2N6O4. The van der Waals surface area contributed by atoms with Crippen molar-refractivity contribution in [3.8, 4) is 23.0 Å². The SMILES string of the molecule is CCOc1ccc2c(=O)n(-c3ccc4nc5n(c4c3)CCN(C)C5)c(=O)n(-c3ccc(OC(F)F)cc3)c2n1. The maximum Gasteiger partial charge on any atom is 0.387 e. The Balaban J connectivity index is 1.59. The lowest BCUT2D eigenvalue weighted by Crippen LogP contribution is -2.38. The van der Waals surface area contributed by atoms with Gasteiger partial charge in [0.25, 0.3) is 5.56 Å². The predicted molar refractivity (Wildman–Crippen MR) is 140 cm³/mol. The number of benzene rings is 2. The third-order valence-electron chi connectivity index (χ3n) is 6.68. The van der Waals surface area contributed by atoms with Gasteiger partial charge in [-0.2, -0.15) is 13.8 Å². The second-order valence-corrected chi connectivity index (χ2v) is 9.18. The standard InChI is InChI=1S/C27H24F2N6O4/c1-3-38-23-11-9-19-24(31-23)34(16-4-7-18(8-5-16)39-26(28)29)27(37)35(25(19)36)17-6-10-20-21(14-17)33-13-12-32(2)15-22(33)30-20/h4-11,14,26H,3,12-13,15H2,1-2H3. The number of alkyl halides is 2. The average Bonchev–Trinajstić information content (AvgIpc) is 3.26. The fraction of sp³-hybridized carbons (Fsp3) is 0.259. The number of hydrogen-bond acceptors (Lipinski definition) is 7. The van der Waals surface area contributed by atoms with E-state index in [1.54, 1.807) is 37.3 Å². The third kappa shape index (κ3) is 4.32. The van der Waals surface area contributed by atoms with Crippen LogP contribution >= 0.6 is 0 Å². The molecule has 10 nitrogen and oxygen atoms in total. The Labute approximate surface area is 220 Å². The van der Waals surface area contributed by atoms with Crippen LogP contribution in [0, 0.1) is 0 Å². The summed E-state index contributed by atoms with van der Waals surface area (Å²) in [6.45, 7) is 1.43. The molecule has 1 aliphatic heterocycles. The summed E-state index contributed by atoms with van der Waals surface area (Å²) in [5.74, 6) is 1.09. The zero-order valence-electron chi connectivity index (χ0n) is 21.2. The molecule has 0 fully saturated rings. The second kappa shape index (κ2) is 9.62. The normalized spacial score (nSPS) is 13.8. The molecular weight excluding hydrogens is 510 g/mol. The molecule has 0 spiro atoms. The molecule has 5 aromatic rings. The summed E-state index contributed by atoms with van der Waals surface area (Å²) in [4.78, 5) is 39.1. The van der Waals surface area contributed by atoms with Crippen molar-refractivity contribution in [3.63, 3.8) is 0 Å². The second-order valence-electron chi connectivity index (χ2n) is 9.18. The highest BCUT2D eigenvalue weighted by Gasteiger charge is 2.21. The number of fused-ring (bicyclic) bond motifs is 4. The van der Waals surface area contributed by atoms with E-state index in [-0.39, 0.29) is 22.7 Å². The molecule has 0 radical (unpaired) electrons. The highest BCUT2D eigenvalue weighted by atomic mass is 19.3. The Morgan fingerprint density at radius 1 is 0.949 bits per heavy atom. The Hall–Kier alpha value is -4.58. The van der Waals surface area contributed by atoms with Gasteiger partial charge in [0.1, 0.15) is 11.6 Å². The number of imidazole rings is 1. The summed E-state index contributed by atoms with van der Waals surface area (Å²) in [5.41, 5.74) is 1.16. The van der Waals surface area contributed by atoms with Crippen LogP contribution in [0.1, 0.15) is 12.7 Å². The monoisotopic (exact) mass is 534 g/mol. The number of halogens is 2. The van der Waals surface area contributed by atoms with Gasteiger partial charge in [-0.1, -0.05) is 0 Å². The molecule has 6 rings (SSSR count). The number of pyridine rings is 1. The van der Waals surface area contributed by atoms with Gasteiger partial charge in [0, 0.05) is 19.2 Å². The van der Waals surface area contributed by atoms with Gasteiger partial charge in [-0.15, -0.1) is 0 Å². The summed E-state index contributed by atoms with van der Waals surface area (Å²) in [6, 6.07) is 14.0. The van der Waals surface area contributed by atoms with Crippen LogP contribution in [-0.4, -0.2) is 55.4 Å². The minimum Gasteiger partial charge on any atom is -0.478 e. The van der Waals surface area contributed by atoms with Crippen molar-refractivity contribution in [2.75, 3.05) is 20.2 Å². The maximum atomic E-state index is 14.0. The van der Waals surface area contributed by atoms with Crippen LogP contribution in [0.4, 0.5) is 8.78 Å². The average molecular weight is 535 g/mol. The molecule has 0 bridgehead atoms. The van der Waals surface area contributed by atoms with Crippen molar-refractivity contribution >= 4 is 22.1 Å². The quantitative estimate of drug-likeness (QED) is 0.330. The molecule has 0 unspecified atom stereocenters. The first-order valence-electron chi connectivity index (χ1n) is 12.4. The number of ether oxygens (including phenoxy) is 2. The van der Waals surface area contributed by atoms with Gasteiger partial charge >= 0.3 is 12.3 Å². The largest absolute Gasteiger partial charge is 0.478 e. The highest BCUT2D eigenvalue weighted by molar-refractivity contribution is 5.80. The third-order valence-corrected chi connectivity index (χ3v) is 6.68. The fourth-order valence-corrected chi connectivity index (χ4v) is 4.89. The molecule has 1 aliphatic rings. The van der Waals surface area contributed by atoms with Crippen LogP contribution in [0.5, 0.6) is 11.6 Å². The van der Waals surface area contributed by atoms with Gasteiger partial charge in [-0.3, -0.25) is 9.69 Å². The minimum atomic E-state index is -2.98. The Morgan fingerprint density at radius 3 is 2.46 bits per heavy atom. The first-order valence-corrected chi connectivity index (χ1v) is 12.4. The Kier molecular flexibility index (Phi) is 6.10. The van der Waals surface area contributed by atoms with Crippen LogP contribution in [0.25, 0.3) is 33.4 Å². The fourth-order valence-electron chi connectivity index (χ4n) is 4.89. The molecule has 0 saturated carbocycles. The van der Waals surface area contributed by atoms with Gasteiger partial charge in [0.15, 0.2) is 5.65 Å². The lowest BCUT2D eigenvalue weighted by atomic mass is 10.2. The highest BCUT2D eigenvalue weighted by Crippen LogP contribution is 2.24. The summed E-state index contributed by atoms with van der Waals surface area (Å²) in [5, 5.41) is 0.183. The molecule has 0 amide bonds. The lowest BCUT2D eigenvalue weighted by molar-refractivity contribution is -0.0498. The molecule has 0 aliphatic carbocycles. The Morgan fingerprint density at radius 2 is 1.72 bits per heavy atom. The number of nitrogens with zero attached hydrogens (tertiary/aromatic N) is 6. The van der Waals surface area contributed by atoms with Crippen LogP contribution in [-0.2, 0) is 13.1 Å². The van der Waals surface area contributed by atoms with Crippen LogP contribution in [0.2, 0.25) is 0 Å². The van der Waals surface area contributed by atoms with Crippen molar-refractivity contribution in [1.29, 1.82) is 0 Å². The van der Waals surface area contributed by atoms with Crippen LogP contribution in [0.15, 0.2) is 64.2 Å². The Bertz CT molecular complexity index is 1830. The smallest absolute Gasteiger partial charge is 0.387 e. The predicted octanol–water partition coefficient (Wildman–Crippen LogP) is 3.33. The van der Waals surface area contributed by atoms with E-state index in [4.69, 9.17) is 9.72 Å². The van der Waals surface area contributed by atoms with Crippen molar-refractivity contribution in [2.45, 2.75) is 26.6 Å². The first-order chi connectivity index (χ1) is 18.8. The number of hydrogen-bond donors (Lipinski definition) is 0. The van der Waals surface area contributed by atoms with Gasteiger partial charge in [-0.25, -0.2) is 18.9 Å². The van der Waals surface area contributed by atoms with Gasteiger partial charge < -0.3 is 14.0 Å². The molecule has 3 aromatic heterocycles. The molecule has 0 atom stereocenters. The number of rotatable bonds is 6. The summed E-state index contributed by atoms with van der Waals surface area (Å²) in [6.07, 6.45) is 0. The molecule has 12 heteroatoms. The van der Waals surface area contributed by atoms with E-state index >= 15 is 0 Å². The van der Waals surface area contributed by atoms with Crippen molar-refractivity contribution in [3.05, 3.63) is 81.3 Å². The van der Waals surface area contributed by atoms with Crippen molar-refractivity contribution in [1.82, 2.24) is 28.6 Å². The summed E-state index contributed by atoms with van der Waals surface area (Å²) < 4.78 is 39.8. The van der Waals surface area contributed by atoms with Gasteiger partial charge in [0.05, 0.1) is 40.9 Å². The molecule has 0 N–H and O–H groups in total. The van der Waals surface area contributed by atoms with Gasteiger partial charge in [-0.05, 0) is 62.5 Å². The minimum absolute atomic E-state index is 0.0657. The van der Waals surface area contributed by atoms with E-state index in [1.165, 1.54) is 28.8 Å². The van der Waals surface area contributed by atoms with Crippen molar-refractivity contribution in [2.24, 2.45) is 0 Å². The lowest BCUT2D eigenvalue weighted by Gasteiger charge is -2.23. The van der Waals surface area contributed by atoms with E-state index in [1.807, 2.05) is 7.05 Å². The van der Waals surface area contributed by atoms with E-state index in [2.05, 4.69) is 19.2 Å². The molecule has 4 heterocycles. The zero-order valence-corrected chi connectivity index (χ0v) is 21.2. The van der Waals surface area contributed by atoms with E-state index in [0.29, 0.717) is 24.5 Å².